The third-order valence-corrected chi connectivity index (χ3v) is 7.76. The number of halogens is 6. The highest BCUT2D eigenvalue weighted by molar-refractivity contribution is 8.00. The Morgan fingerprint density at radius 1 is 0.872 bits per heavy atom. The van der Waals surface area contributed by atoms with Crippen molar-refractivity contribution >= 4 is 29.0 Å². The standard InChI is InChI=1S/C27H32F6N4OS/c28-26(29,30)20-4-8-23(9-5-20)36-15-2-13-35(17-18-36)16-12-25(38)37-14-1-3-22(19-37)34-21-6-10-24(11-7-21)39-27(31,32)33/h4-11,22,34H,1-3,12-19H2/t22-/m0/s1. The van der Waals surface area contributed by atoms with Gasteiger partial charge in [0, 0.05) is 68.0 Å². The van der Waals surface area contributed by atoms with Crippen molar-refractivity contribution in [2.75, 3.05) is 56.0 Å². The molecule has 0 bridgehead atoms. The number of nitrogens with zero attached hydrogens (tertiary/aromatic N) is 3. The molecule has 1 amide bonds. The van der Waals surface area contributed by atoms with Crippen LogP contribution in [-0.4, -0.2) is 73.1 Å². The third-order valence-electron chi connectivity index (χ3n) is 7.02. The number of benzene rings is 2. The Kier molecular flexibility index (Phi) is 9.58. The largest absolute Gasteiger partial charge is 0.446 e. The van der Waals surface area contributed by atoms with Crippen molar-refractivity contribution in [3.8, 4) is 0 Å². The fraction of sp³-hybridized carbons (Fsp3) is 0.519. The van der Waals surface area contributed by atoms with Crippen molar-refractivity contribution in [1.29, 1.82) is 0 Å². The first-order valence-electron chi connectivity index (χ1n) is 13.0. The number of hydrogen-bond donors (Lipinski definition) is 1. The van der Waals surface area contributed by atoms with Gasteiger partial charge in [0.25, 0.3) is 0 Å². The average Bonchev–Trinajstić information content (AvgIpc) is 3.13. The van der Waals surface area contributed by atoms with E-state index in [1.165, 1.54) is 24.3 Å². The van der Waals surface area contributed by atoms with E-state index in [2.05, 4.69) is 15.1 Å². The molecule has 39 heavy (non-hydrogen) atoms. The number of carbonyl (C=O) groups is 1. The summed E-state index contributed by atoms with van der Waals surface area (Å²) in [5.41, 5.74) is -3.49. The number of thioether (sulfide) groups is 1. The Hall–Kier alpha value is -2.60. The third kappa shape index (κ3) is 8.96. The van der Waals surface area contributed by atoms with Crippen LogP contribution in [0.5, 0.6) is 0 Å². The minimum absolute atomic E-state index is 0.0271. The Morgan fingerprint density at radius 2 is 1.59 bits per heavy atom. The second-order valence-electron chi connectivity index (χ2n) is 9.87. The highest BCUT2D eigenvalue weighted by Gasteiger charge is 2.31. The molecule has 1 N–H and O–H groups in total. The molecule has 2 fully saturated rings. The van der Waals surface area contributed by atoms with Gasteiger partial charge in [-0.3, -0.25) is 4.79 Å². The molecule has 1 atom stereocenters. The van der Waals surface area contributed by atoms with Gasteiger partial charge in [0.1, 0.15) is 0 Å². The van der Waals surface area contributed by atoms with Gasteiger partial charge in [-0.1, -0.05) is 0 Å². The van der Waals surface area contributed by atoms with E-state index in [4.69, 9.17) is 0 Å². The number of hydrogen-bond acceptors (Lipinski definition) is 5. The average molecular weight is 575 g/mol. The van der Waals surface area contributed by atoms with Crippen LogP contribution in [-0.2, 0) is 11.0 Å². The maximum atomic E-state index is 13.0. The van der Waals surface area contributed by atoms with Gasteiger partial charge in [0.15, 0.2) is 0 Å². The summed E-state index contributed by atoms with van der Waals surface area (Å²) in [6, 6.07) is 11.4. The van der Waals surface area contributed by atoms with Crippen molar-refractivity contribution in [3.05, 3.63) is 54.1 Å². The van der Waals surface area contributed by atoms with Gasteiger partial charge in [-0.2, -0.15) is 26.3 Å². The molecule has 2 aliphatic heterocycles. The molecule has 2 heterocycles. The number of amides is 1. The van der Waals surface area contributed by atoms with Crippen LogP contribution in [0.4, 0.5) is 37.7 Å². The van der Waals surface area contributed by atoms with Crippen LogP contribution in [0.2, 0.25) is 0 Å². The van der Waals surface area contributed by atoms with Crippen molar-refractivity contribution in [2.24, 2.45) is 0 Å². The number of nitrogens with one attached hydrogen (secondary N) is 1. The lowest BCUT2D eigenvalue weighted by Crippen LogP contribution is -2.46. The predicted molar refractivity (Wildman–Crippen MR) is 141 cm³/mol. The second kappa shape index (κ2) is 12.7. The first kappa shape index (κ1) is 29.4. The summed E-state index contributed by atoms with van der Waals surface area (Å²) in [5, 5.41) is 3.34. The topological polar surface area (TPSA) is 38.8 Å². The number of alkyl halides is 6. The molecule has 0 saturated carbocycles. The molecule has 0 unspecified atom stereocenters. The number of likely N-dealkylation sites (tertiary alicyclic amines) is 1. The minimum atomic E-state index is -4.35. The summed E-state index contributed by atoms with van der Waals surface area (Å²) in [6.45, 7) is 4.80. The monoisotopic (exact) mass is 574 g/mol. The number of anilines is 2. The lowest BCUT2D eigenvalue weighted by molar-refractivity contribution is -0.137. The predicted octanol–water partition coefficient (Wildman–Crippen LogP) is 6.32. The lowest BCUT2D eigenvalue weighted by Gasteiger charge is -2.34. The van der Waals surface area contributed by atoms with Crippen LogP contribution in [0.3, 0.4) is 0 Å². The molecular weight excluding hydrogens is 542 g/mol. The van der Waals surface area contributed by atoms with Crippen LogP contribution in [0.25, 0.3) is 0 Å². The Labute approximate surface area is 228 Å². The summed E-state index contributed by atoms with van der Waals surface area (Å²) < 4.78 is 76.2. The number of piperidine rings is 1. The van der Waals surface area contributed by atoms with Gasteiger partial charge in [-0.25, -0.2) is 0 Å². The SMILES string of the molecule is O=C(CCN1CCCN(c2ccc(C(F)(F)F)cc2)CC1)N1CCC[C@H](Nc2ccc(SC(F)(F)F)cc2)C1. The normalized spacial score (nSPS) is 19.6. The van der Waals surface area contributed by atoms with E-state index in [1.54, 1.807) is 12.1 Å². The molecule has 2 aromatic carbocycles. The molecule has 2 saturated heterocycles. The van der Waals surface area contributed by atoms with Crippen molar-refractivity contribution in [3.63, 3.8) is 0 Å². The quantitative estimate of drug-likeness (QED) is 0.310. The number of rotatable bonds is 7. The smallest absolute Gasteiger partial charge is 0.381 e. The molecule has 0 spiro atoms. The van der Waals surface area contributed by atoms with Gasteiger partial charge < -0.3 is 20.0 Å². The van der Waals surface area contributed by atoms with E-state index < -0.39 is 17.2 Å². The highest BCUT2D eigenvalue weighted by Crippen LogP contribution is 2.37. The Balaban J connectivity index is 1.21. The van der Waals surface area contributed by atoms with Gasteiger partial charge >= 0.3 is 11.7 Å². The highest BCUT2D eigenvalue weighted by atomic mass is 32.2. The van der Waals surface area contributed by atoms with Gasteiger partial charge in [0.2, 0.25) is 5.91 Å². The molecule has 0 aromatic heterocycles. The van der Waals surface area contributed by atoms with Crippen molar-refractivity contribution < 1.29 is 31.1 Å². The van der Waals surface area contributed by atoms with Gasteiger partial charge in [-0.05, 0) is 86.1 Å². The molecule has 4 rings (SSSR count). The van der Waals surface area contributed by atoms with E-state index in [0.29, 0.717) is 32.6 Å². The van der Waals surface area contributed by atoms with Crippen LogP contribution in [0, 0.1) is 0 Å². The zero-order valence-electron chi connectivity index (χ0n) is 21.4. The second-order valence-corrected chi connectivity index (χ2v) is 11.0. The van der Waals surface area contributed by atoms with Gasteiger partial charge in [0.05, 0.1) is 5.56 Å². The first-order valence-corrected chi connectivity index (χ1v) is 13.8. The van der Waals surface area contributed by atoms with Gasteiger partial charge in [-0.15, -0.1) is 0 Å². The summed E-state index contributed by atoms with van der Waals surface area (Å²) in [5.74, 6) is 0.0715. The van der Waals surface area contributed by atoms with E-state index >= 15 is 0 Å². The fourth-order valence-corrected chi connectivity index (χ4v) is 5.58. The van der Waals surface area contributed by atoms with E-state index in [1.807, 2.05) is 4.90 Å². The van der Waals surface area contributed by atoms with Crippen LogP contribution >= 0.6 is 11.8 Å². The molecule has 2 aromatic rings. The summed E-state index contributed by atoms with van der Waals surface area (Å²) in [6.07, 6.45) is -1.40. The summed E-state index contributed by atoms with van der Waals surface area (Å²) >= 11 is -0.146. The van der Waals surface area contributed by atoms with E-state index in [9.17, 15) is 31.1 Å². The summed E-state index contributed by atoms with van der Waals surface area (Å²) in [7, 11) is 0. The van der Waals surface area contributed by atoms with Crippen molar-refractivity contribution in [2.45, 2.75) is 48.3 Å². The van der Waals surface area contributed by atoms with Crippen molar-refractivity contribution in [1.82, 2.24) is 9.80 Å². The number of carbonyl (C=O) groups excluding carboxylic acids is 1. The Bertz CT molecular complexity index is 1080. The molecule has 2 aliphatic rings. The zero-order chi connectivity index (χ0) is 28.0. The fourth-order valence-electron chi connectivity index (χ4n) is 5.04. The molecule has 214 valence electrons. The lowest BCUT2D eigenvalue weighted by atomic mass is 10.0. The minimum Gasteiger partial charge on any atom is -0.381 e. The maximum absolute atomic E-state index is 13.0. The summed E-state index contributed by atoms with van der Waals surface area (Å²) in [4.78, 5) is 19.2. The van der Waals surface area contributed by atoms with E-state index in [-0.39, 0.29) is 28.6 Å². The Morgan fingerprint density at radius 3 is 2.26 bits per heavy atom. The zero-order valence-corrected chi connectivity index (χ0v) is 22.2. The van der Waals surface area contributed by atoms with E-state index in [0.717, 1.165) is 62.4 Å². The molecule has 0 aliphatic carbocycles. The maximum Gasteiger partial charge on any atom is 0.446 e. The molecule has 12 heteroatoms. The molecule has 0 radical (unpaired) electrons. The van der Waals surface area contributed by atoms with Crippen LogP contribution < -0.4 is 10.2 Å². The first-order chi connectivity index (χ1) is 18.5. The van der Waals surface area contributed by atoms with Crippen LogP contribution in [0.15, 0.2) is 53.4 Å². The molecule has 5 nitrogen and oxygen atoms in total. The van der Waals surface area contributed by atoms with Crippen LogP contribution in [0.1, 0.15) is 31.2 Å². The molecular formula is C27H32F6N4OS.